The molecule has 1 aromatic carbocycles. The molecule has 0 spiro atoms. The zero-order valence-corrected chi connectivity index (χ0v) is 10.1. The SMILES string of the molecule is CCC(CCCOCCO)c1ccccc1. The lowest BCUT2D eigenvalue weighted by Crippen LogP contribution is -2.03. The second kappa shape index (κ2) is 8.31. The van der Waals surface area contributed by atoms with Crippen LogP contribution in [0, 0.1) is 0 Å². The number of ether oxygens (including phenoxy) is 1. The molecule has 0 aliphatic carbocycles. The lowest BCUT2D eigenvalue weighted by Gasteiger charge is -2.15. The van der Waals surface area contributed by atoms with Gasteiger partial charge < -0.3 is 9.84 Å². The molecule has 0 heterocycles. The number of hydrogen-bond acceptors (Lipinski definition) is 2. The minimum absolute atomic E-state index is 0.121. The third-order valence-electron chi connectivity index (χ3n) is 2.84. The first-order valence-electron chi connectivity index (χ1n) is 6.12. The highest BCUT2D eigenvalue weighted by Gasteiger charge is 2.07. The normalized spacial score (nSPS) is 12.6. The molecule has 1 atom stereocenters. The first-order chi connectivity index (χ1) is 7.88. The minimum atomic E-state index is 0.121. The van der Waals surface area contributed by atoms with Gasteiger partial charge in [-0.05, 0) is 30.7 Å². The highest BCUT2D eigenvalue weighted by molar-refractivity contribution is 5.19. The maximum absolute atomic E-state index is 8.57. The van der Waals surface area contributed by atoms with Gasteiger partial charge in [-0.15, -0.1) is 0 Å². The summed E-state index contributed by atoms with van der Waals surface area (Å²) >= 11 is 0. The summed E-state index contributed by atoms with van der Waals surface area (Å²) in [6, 6.07) is 10.6. The number of hydrogen-bond donors (Lipinski definition) is 1. The van der Waals surface area contributed by atoms with Crippen LogP contribution >= 0.6 is 0 Å². The number of rotatable bonds is 8. The van der Waals surface area contributed by atoms with Gasteiger partial charge in [-0.1, -0.05) is 37.3 Å². The van der Waals surface area contributed by atoms with Crippen LogP contribution in [0.1, 0.15) is 37.7 Å². The molecular weight excluding hydrogens is 200 g/mol. The molecule has 0 amide bonds. The van der Waals surface area contributed by atoms with E-state index in [4.69, 9.17) is 9.84 Å². The van der Waals surface area contributed by atoms with Gasteiger partial charge in [0.15, 0.2) is 0 Å². The molecular formula is C14H22O2. The lowest BCUT2D eigenvalue weighted by molar-refractivity contribution is 0.0889. The van der Waals surface area contributed by atoms with Crippen molar-refractivity contribution in [3.8, 4) is 0 Å². The molecule has 1 N–H and O–H groups in total. The highest BCUT2D eigenvalue weighted by Crippen LogP contribution is 2.24. The zero-order valence-electron chi connectivity index (χ0n) is 10.1. The Morgan fingerprint density at radius 1 is 1.19 bits per heavy atom. The smallest absolute Gasteiger partial charge is 0.0697 e. The van der Waals surface area contributed by atoms with E-state index in [1.54, 1.807) is 0 Å². The van der Waals surface area contributed by atoms with Crippen LogP contribution in [-0.2, 0) is 4.74 Å². The summed E-state index contributed by atoms with van der Waals surface area (Å²) in [4.78, 5) is 0. The predicted molar refractivity (Wildman–Crippen MR) is 66.6 cm³/mol. The third-order valence-corrected chi connectivity index (χ3v) is 2.84. The fraction of sp³-hybridized carbons (Fsp3) is 0.571. The van der Waals surface area contributed by atoms with E-state index in [0.717, 1.165) is 19.4 Å². The highest BCUT2D eigenvalue weighted by atomic mass is 16.5. The molecule has 16 heavy (non-hydrogen) atoms. The predicted octanol–water partition coefficient (Wildman–Crippen LogP) is 2.97. The van der Waals surface area contributed by atoms with E-state index in [2.05, 4.69) is 37.3 Å². The van der Waals surface area contributed by atoms with Crippen LogP contribution in [0.4, 0.5) is 0 Å². The number of aliphatic hydroxyl groups is 1. The topological polar surface area (TPSA) is 29.5 Å². The van der Waals surface area contributed by atoms with Gasteiger partial charge in [0.2, 0.25) is 0 Å². The average Bonchev–Trinajstić information content (AvgIpc) is 2.35. The van der Waals surface area contributed by atoms with Crippen LogP contribution in [0.2, 0.25) is 0 Å². The van der Waals surface area contributed by atoms with Gasteiger partial charge in [0.05, 0.1) is 13.2 Å². The minimum Gasteiger partial charge on any atom is -0.394 e. The van der Waals surface area contributed by atoms with Gasteiger partial charge in [-0.2, -0.15) is 0 Å². The van der Waals surface area contributed by atoms with Crippen molar-refractivity contribution in [2.24, 2.45) is 0 Å². The van der Waals surface area contributed by atoms with Crippen molar-refractivity contribution < 1.29 is 9.84 Å². The molecule has 0 saturated heterocycles. The van der Waals surface area contributed by atoms with E-state index in [1.165, 1.54) is 12.0 Å². The van der Waals surface area contributed by atoms with E-state index in [0.29, 0.717) is 12.5 Å². The third kappa shape index (κ3) is 4.77. The molecule has 0 aliphatic heterocycles. The van der Waals surface area contributed by atoms with Crippen molar-refractivity contribution in [3.05, 3.63) is 35.9 Å². The average molecular weight is 222 g/mol. The van der Waals surface area contributed by atoms with Crippen LogP contribution in [0.5, 0.6) is 0 Å². The van der Waals surface area contributed by atoms with E-state index < -0.39 is 0 Å². The molecule has 1 unspecified atom stereocenters. The Bertz CT molecular complexity index is 259. The summed E-state index contributed by atoms with van der Waals surface area (Å²) in [5, 5.41) is 8.57. The summed E-state index contributed by atoms with van der Waals surface area (Å²) < 4.78 is 5.26. The molecule has 1 aromatic rings. The fourth-order valence-electron chi connectivity index (χ4n) is 1.93. The summed E-state index contributed by atoms with van der Waals surface area (Å²) in [6.45, 7) is 3.56. The lowest BCUT2D eigenvalue weighted by atomic mass is 9.92. The van der Waals surface area contributed by atoms with Crippen molar-refractivity contribution in [1.29, 1.82) is 0 Å². The van der Waals surface area contributed by atoms with E-state index >= 15 is 0 Å². The number of aliphatic hydroxyl groups excluding tert-OH is 1. The van der Waals surface area contributed by atoms with Crippen molar-refractivity contribution >= 4 is 0 Å². The van der Waals surface area contributed by atoms with E-state index in [9.17, 15) is 0 Å². The summed E-state index contributed by atoms with van der Waals surface area (Å²) in [5.41, 5.74) is 1.42. The first kappa shape index (κ1) is 13.2. The first-order valence-corrected chi connectivity index (χ1v) is 6.12. The van der Waals surface area contributed by atoms with Gasteiger partial charge in [0, 0.05) is 6.61 Å². The molecule has 0 radical (unpaired) electrons. The van der Waals surface area contributed by atoms with Crippen LogP contribution in [0.25, 0.3) is 0 Å². The summed E-state index contributed by atoms with van der Waals surface area (Å²) in [6.07, 6.45) is 3.39. The van der Waals surface area contributed by atoms with Gasteiger partial charge in [0.1, 0.15) is 0 Å². The van der Waals surface area contributed by atoms with Crippen LogP contribution in [-0.4, -0.2) is 24.9 Å². The molecule has 0 aliphatic rings. The van der Waals surface area contributed by atoms with Crippen LogP contribution in [0.3, 0.4) is 0 Å². The second-order valence-corrected chi connectivity index (χ2v) is 3.99. The fourth-order valence-corrected chi connectivity index (χ4v) is 1.93. The Labute approximate surface area is 98.3 Å². The molecule has 90 valence electrons. The maximum Gasteiger partial charge on any atom is 0.0697 e. The van der Waals surface area contributed by atoms with Crippen molar-refractivity contribution in [2.75, 3.05) is 19.8 Å². The van der Waals surface area contributed by atoms with Crippen molar-refractivity contribution in [1.82, 2.24) is 0 Å². The largest absolute Gasteiger partial charge is 0.394 e. The monoisotopic (exact) mass is 222 g/mol. The molecule has 1 rings (SSSR count). The standard InChI is InChI=1S/C14H22O2/c1-2-13(9-6-11-16-12-10-15)14-7-4-3-5-8-14/h3-5,7-8,13,15H,2,6,9-12H2,1H3. The molecule has 2 heteroatoms. The quantitative estimate of drug-likeness (QED) is 0.685. The van der Waals surface area contributed by atoms with Gasteiger partial charge in [-0.25, -0.2) is 0 Å². The molecule has 0 fully saturated rings. The Kier molecular flexibility index (Phi) is 6.86. The molecule has 0 saturated carbocycles. The van der Waals surface area contributed by atoms with Crippen LogP contribution in [0.15, 0.2) is 30.3 Å². The molecule has 2 nitrogen and oxygen atoms in total. The van der Waals surface area contributed by atoms with Gasteiger partial charge in [0.25, 0.3) is 0 Å². The Morgan fingerprint density at radius 2 is 1.94 bits per heavy atom. The Balaban J connectivity index is 2.27. The Morgan fingerprint density at radius 3 is 2.56 bits per heavy atom. The summed E-state index contributed by atoms with van der Waals surface area (Å²) in [7, 11) is 0. The van der Waals surface area contributed by atoms with Crippen molar-refractivity contribution in [3.63, 3.8) is 0 Å². The van der Waals surface area contributed by atoms with Crippen LogP contribution < -0.4 is 0 Å². The van der Waals surface area contributed by atoms with Gasteiger partial charge >= 0.3 is 0 Å². The number of benzene rings is 1. The zero-order chi connectivity index (χ0) is 11.6. The van der Waals surface area contributed by atoms with E-state index in [-0.39, 0.29) is 6.61 Å². The molecule has 0 aromatic heterocycles. The second-order valence-electron chi connectivity index (χ2n) is 3.99. The maximum atomic E-state index is 8.57. The van der Waals surface area contributed by atoms with Gasteiger partial charge in [-0.3, -0.25) is 0 Å². The summed E-state index contributed by atoms with van der Waals surface area (Å²) in [5.74, 6) is 0.638. The van der Waals surface area contributed by atoms with E-state index in [1.807, 2.05) is 0 Å². The Hall–Kier alpha value is -0.860. The van der Waals surface area contributed by atoms with Crippen molar-refractivity contribution in [2.45, 2.75) is 32.1 Å². The molecule has 0 bridgehead atoms.